The standard InChI is InChI=1S/C12H16BrNO3S/c13-9-6-7-11(12(8-9)18(14,15)16)17-10-4-2-1-3-5-10/h6-8,10H,1-5H2,(H2,14,15,16). The first kappa shape index (κ1) is 13.8. The van der Waals surface area contributed by atoms with Gasteiger partial charge in [0, 0.05) is 4.47 Å². The van der Waals surface area contributed by atoms with E-state index in [1.807, 2.05) is 0 Å². The summed E-state index contributed by atoms with van der Waals surface area (Å²) in [7, 11) is -3.76. The molecule has 18 heavy (non-hydrogen) atoms. The van der Waals surface area contributed by atoms with Crippen LogP contribution in [0.1, 0.15) is 32.1 Å². The monoisotopic (exact) mass is 333 g/mol. The Morgan fingerprint density at radius 3 is 2.50 bits per heavy atom. The Bertz CT molecular complexity index is 524. The van der Waals surface area contributed by atoms with Gasteiger partial charge in [-0.3, -0.25) is 0 Å². The molecule has 1 aliphatic carbocycles. The molecular weight excluding hydrogens is 318 g/mol. The normalized spacial score (nSPS) is 17.7. The number of ether oxygens (including phenoxy) is 1. The van der Waals surface area contributed by atoms with Crippen LogP contribution in [0.4, 0.5) is 0 Å². The predicted octanol–water partition coefficient (Wildman–Crippen LogP) is 2.81. The molecule has 0 bridgehead atoms. The fourth-order valence-electron chi connectivity index (χ4n) is 2.16. The summed E-state index contributed by atoms with van der Waals surface area (Å²) in [6, 6.07) is 4.89. The molecule has 4 nitrogen and oxygen atoms in total. The summed E-state index contributed by atoms with van der Waals surface area (Å²) in [5, 5.41) is 5.20. The van der Waals surface area contributed by atoms with E-state index >= 15 is 0 Å². The van der Waals surface area contributed by atoms with Crippen LogP contribution >= 0.6 is 15.9 Å². The summed E-state index contributed by atoms with van der Waals surface area (Å²) in [5.74, 6) is 0.354. The van der Waals surface area contributed by atoms with Crippen LogP contribution in [0.25, 0.3) is 0 Å². The Balaban J connectivity index is 2.26. The molecule has 0 atom stereocenters. The van der Waals surface area contributed by atoms with E-state index in [0.717, 1.165) is 25.7 Å². The number of hydrogen-bond acceptors (Lipinski definition) is 3. The zero-order valence-electron chi connectivity index (χ0n) is 9.93. The van der Waals surface area contributed by atoms with Gasteiger partial charge in [0.2, 0.25) is 10.0 Å². The van der Waals surface area contributed by atoms with Gasteiger partial charge in [-0.15, -0.1) is 0 Å². The fourth-order valence-corrected chi connectivity index (χ4v) is 3.36. The van der Waals surface area contributed by atoms with E-state index < -0.39 is 10.0 Å². The van der Waals surface area contributed by atoms with E-state index in [2.05, 4.69) is 15.9 Å². The molecule has 6 heteroatoms. The molecule has 0 spiro atoms. The molecule has 2 rings (SSSR count). The van der Waals surface area contributed by atoms with Crippen LogP contribution in [0, 0.1) is 0 Å². The Hall–Kier alpha value is -0.590. The minimum atomic E-state index is -3.76. The average Bonchev–Trinajstić information content (AvgIpc) is 2.31. The number of hydrogen-bond donors (Lipinski definition) is 1. The molecule has 1 fully saturated rings. The lowest BCUT2D eigenvalue weighted by Crippen LogP contribution is -2.22. The van der Waals surface area contributed by atoms with Gasteiger partial charge in [-0.05, 0) is 43.9 Å². The zero-order valence-corrected chi connectivity index (χ0v) is 12.3. The first-order valence-electron chi connectivity index (χ1n) is 5.96. The van der Waals surface area contributed by atoms with Crippen LogP contribution in [0.3, 0.4) is 0 Å². The maximum atomic E-state index is 11.5. The zero-order chi connectivity index (χ0) is 13.2. The van der Waals surface area contributed by atoms with Gasteiger partial charge in [-0.2, -0.15) is 0 Å². The SMILES string of the molecule is NS(=O)(=O)c1cc(Br)ccc1OC1CCCCC1. The van der Waals surface area contributed by atoms with Crippen molar-refractivity contribution in [1.29, 1.82) is 0 Å². The lowest BCUT2D eigenvalue weighted by molar-refractivity contribution is 0.151. The smallest absolute Gasteiger partial charge is 0.241 e. The largest absolute Gasteiger partial charge is 0.489 e. The van der Waals surface area contributed by atoms with Crippen LogP contribution in [0.5, 0.6) is 5.75 Å². The minimum absolute atomic E-state index is 0.0439. The Kier molecular flexibility index (Phi) is 4.29. The van der Waals surface area contributed by atoms with E-state index in [1.54, 1.807) is 12.1 Å². The molecule has 1 aromatic rings. The lowest BCUT2D eigenvalue weighted by atomic mass is 9.98. The number of sulfonamides is 1. The maximum Gasteiger partial charge on any atom is 0.241 e. The second-order valence-corrected chi connectivity index (χ2v) is 6.96. The average molecular weight is 334 g/mol. The molecule has 0 saturated heterocycles. The summed E-state index contributed by atoms with van der Waals surface area (Å²) in [5.41, 5.74) is 0. The molecule has 1 aromatic carbocycles. The van der Waals surface area contributed by atoms with Gasteiger partial charge in [0.1, 0.15) is 10.6 Å². The summed E-state index contributed by atoms with van der Waals surface area (Å²) < 4.78 is 29.5. The molecule has 0 aliphatic heterocycles. The van der Waals surface area contributed by atoms with Crippen molar-refractivity contribution in [3.05, 3.63) is 22.7 Å². The van der Waals surface area contributed by atoms with Crippen molar-refractivity contribution in [3.8, 4) is 5.75 Å². The van der Waals surface area contributed by atoms with E-state index in [9.17, 15) is 8.42 Å². The summed E-state index contributed by atoms with van der Waals surface area (Å²) in [4.78, 5) is 0.0439. The third-order valence-corrected chi connectivity index (χ3v) is 4.48. The molecule has 1 aliphatic rings. The van der Waals surface area contributed by atoms with Crippen molar-refractivity contribution in [1.82, 2.24) is 0 Å². The fraction of sp³-hybridized carbons (Fsp3) is 0.500. The third-order valence-electron chi connectivity index (χ3n) is 3.06. The van der Waals surface area contributed by atoms with Crippen LogP contribution in [-0.4, -0.2) is 14.5 Å². The number of rotatable bonds is 3. The predicted molar refractivity (Wildman–Crippen MR) is 73.0 cm³/mol. The highest BCUT2D eigenvalue weighted by Crippen LogP contribution is 2.30. The number of nitrogens with two attached hydrogens (primary N) is 1. The van der Waals surface area contributed by atoms with E-state index in [1.165, 1.54) is 12.5 Å². The lowest BCUT2D eigenvalue weighted by Gasteiger charge is -2.24. The first-order valence-corrected chi connectivity index (χ1v) is 8.30. The second-order valence-electron chi connectivity index (χ2n) is 4.51. The van der Waals surface area contributed by atoms with Crippen molar-refractivity contribution < 1.29 is 13.2 Å². The molecule has 0 unspecified atom stereocenters. The van der Waals surface area contributed by atoms with Gasteiger partial charge in [0.05, 0.1) is 6.10 Å². The topological polar surface area (TPSA) is 69.4 Å². The first-order chi connectivity index (χ1) is 8.47. The third kappa shape index (κ3) is 3.46. The summed E-state index contributed by atoms with van der Waals surface area (Å²) in [6.45, 7) is 0. The van der Waals surface area contributed by atoms with Gasteiger partial charge in [0.15, 0.2) is 0 Å². The van der Waals surface area contributed by atoms with Crippen molar-refractivity contribution in [2.45, 2.75) is 43.1 Å². The molecule has 100 valence electrons. The Labute approximate surface area is 116 Å². The highest BCUT2D eigenvalue weighted by Gasteiger charge is 2.20. The highest BCUT2D eigenvalue weighted by atomic mass is 79.9. The molecule has 2 N–H and O–H groups in total. The number of benzene rings is 1. The van der Waals surface area contributed by atoms with Crippen LogP contribution < -0.4 is 9.88 Å². The minimum Gasteiger partial charge on any atom is -0.489 e. The molecule has 1 saturated carbocycles. The molecule has 0 radical (unpaired) electrons. The van der Waals surface area contributed by atoms with E-state index in [-0.39, 0.29) is 11.0 Å². The van der Waals surface area contributed by atoms with Crippen LogP contribution in [-0.2, 0) is 10.0 Å². The van der Waals surface area contributed by atoms with Crippen molar-refractivity contribution in [3.63, 3.8) is 0 Å². The van der Waals surface area contributed by atoms with Gasteiger partial charge < -0.3 is 4.74 Å². The maximum absolute atomic E-state index is 11.5. The van der Waals surface area contributed by atoms with Gasteiger partial charge in [-0.1, -0.05) is 22.4 Å². The molecular formula is C12H16BrNO3S. The quantitative estimate of drug-likeness (QED) is 0.924. The number of primary sulfonamides is 1. The summed E-state index contributed by atoms with van der Waals surface area (Å²) >= 11 is 3.24. The van der Waals surface area contributed by atoms with E-state index in [4.69, 9.17) is 9.88 Å². The van der Waals surface area contributed by atoms with Crippen molar-refractivity contribution in [2.24, 2.45) is 5.14 Å². The van der Waals surface area contributed by atoms with Gasteiger partial charge in [0.25, 0.3) is 0 Å². The molecule has 0 heterocycles. The Morgan fingerprint density at radius 2 is 1.89 bits per heavy atom. The highest BCUT2D eigenvalue weighted by molar-refractivity contribution is 9.10. The summed E-state index contributed by atoms with van der Waals surface area (Å²) in [6.07, 6.45) is 5.53. The van der Waals surface area contributed by atoms with Crippen molar-refractivity contribution in [2.75, 3.05) is 0 Å². The number of halogens is 1. The van der Waals surface area contributed by atoms with Crippen LogP contribution in [0.2, 0.25) is 0 Å². The Morgan fingerprint density at radius 1 is 1.22 bits per heavy atom. The van der Waals surface area contributed by atoms with Crippen molar-refractivity contribution >= 4 is 26.0 Å². The molecule has 0 amide bonds. The van der Waals surface area contributed by atoms with Gasteiger partial charge >= 0.3 is 0 Å². The molecule has 0 aromatic heterocycles. The van der Waals surface area contributed by atoms with Gasteiger partial charge in [-0.25, -0.2) is 13.6 Å². The van der Waals surface area contributed by atoms with Crippen LogP contribution in [0.15, 0.2) is 27.6 Å². The van der Waals surface area contributed by atoms with E-state index in [0.29, 0.717) is 10.2 Å². The second kappa shape index (κ2) is 5.59.